The van der Waals surface area contributed by atoms with Gasteiger partial charge in [-0.15, -0.1) is 11.3 Å². The Bertz CT molecular complexity index is 963. The van der Waals surface area contributed by atoms with E-state index >= 15 is 0 Å². The molecule has 6 nitrogen and oxygen atoms in total. The molecule has 166 valence electrons. The van der Waals surface area contributed by atoms with E-state index in [2.05, 4.69) is 5.32 Å². The number of amides is 2. The van der Waals surface area contributed by atoms with Crippen molar-refractivity contribution in [2.45, 2.75) is 53.1 Å². The number of rotatable bonds is 8. The zero-order valence-corrected chi connectivity index (χ0v) is 19.5. The number of thiophene rings is 1. The lowest BCUT2D eigenvalue weighted by molar-refractivity contribution is -0.117. The van der Waals surface area contributed by atoms with E-state index in [0.717, 1.165) is 23.3 Å². The van der Waals surface area contributed by atoms with Gasteiger partial charge < -0.3 is 15.0 Å². The van der Waals surface area contributed by atoms with Crippen LogP contribution in [0.5, 0.6) is 0 Å². The maximum atomic E-state index is 13.0. The predicted octanol–water partition coefficient (Wildman–Crippen LogP) is 4.85. The van der Waals surface area contributed by atoms with Crippen LogP contribution in [0.3, 0.4) is 0 Å². The standard InChI is InChI=1S/C24H30N2O4S/c1-6-26(7-2)23(28)20-15(5)19(24(29)30-14(3)4)22(31-20)25-21(27)18-13-17(18)16-11-9-8-10-12-16/h8-12,14,17-18H,6-7,13H2,1-5H3,(H,25,27). The number of carbonyl (C=O) groups excluding carboxylic acids is 3. The molecule has 1 N–H and O–H groups in total. The molecule has 0 saturated heterocycles. The minimum Gasteiger partial charge on any atom is -0.459 e. The van der Waals surface area contributed by atoms with Crippen LogP contribution >= 0.6 is 11.3 Å². The lowest BCUT2D eigenvalue weighted by Gasteiger charge is -2.18. The number of benzene rings is 1. The fraction of sp³-hybridized carbons (Fsp3) is 0.458. The summed E-state index contributed by atoms with van der Waals surface area (Å²) in [6.45, 7) is 10.3. The Balaban J connectivity index is 1.87. The molecular weight excluding hydrogens is 412 g/mol. The van der Waals surface area contributed by atoms with Gasteiger partial charge in [0.2, 0.25) is 5.91 Å². The first-order valence-electron chi connectivity index (χ1n) is 10.8. The summed E-state index contributed by atoms with van der Waals surface area (Å²) in [7, 11) is 0. The third-order valence-corrected chi connectivity index (χ3v) is 6.73. The van der Waals surface area contributed by atoms with Crippen molar-refractivity contribution in [1.82, 2.24) is 4.90 Å². The quantitative estimate of drug-likeness (QED) is 0.593. The van der Waals surface area contributed by atoms with Gasteiger partial charge in [0.25, 0.3) is 5.91 Å². The first kappa shape index (κ1) is 23.0. The van der Waals surface area contributed by atoms with Gasteiger partial charge >= 0.3 is 5.97 Å². The number of carbonyl (C=O) groups is 3. The summed E-state index contributed by atoms with van der Waals surface area (Å²) in [6, 6.07) is 9.95. The monoisotopic (exact) mass is 442 g/mol. The SMILES string of the molecule is CCN(CC)C(=O)c1sc(NC(=O)C2CC2c2ccccc2)c(C(=O)OC(C)C)c1C. The summed E-state index contributed by atoms with van der Waals surface area (Å²) < 4.78 is 5.40. The number of nitrogens with one attached hydrogen (secondary N) is 1. The van der Waals surface area contributed by atoms with Crippen molar-refractivity contribution >= 4 is 34.1 Å². The summed E-state index contributed by atoms with van der Waals surface area (Å²) in [5.41, 5.74) is 1.97. The van der Waals surface area contributed by atoms with E-state index in [0.29, 0.717) is 28.5 Å². The largest absolute Gasteiger partial charge is 0.459 e. The van der Waals surface area contributed by atoms with Gasteiger partial charge in [-0.1, -0.05) is 30.3 Å². The van der Waals surface area contributed by atoms with Crippen LogP contribution in [0.1, 0.15) is 71.2 Å². The average molecular weight is 443 g/mol. The molecule has 0 aliphatic heterocycles. The van der Waals surface area contributed by atoms with Crippen LogP contribution in [0, 0.1) is 12.8 Å². The highest BCUT2D eigenvalue weighted by atomic mass is 32.1. The van der Waals surface area contributed by atoms with E-state index in [1.807, 2.05) is 44.2 Å². The van der Waals surface area contributed by atoms with Crippen LogP contribution in [0.15, 0.2) is 30.3 Å². The molecule has 0 bridgehead atoms. The maximum absolute atomic E-state index is 13.0. The third-order valence-electron chi connectivity index (χ3n) is 5.53. The molecule has 1 aliphatic rings. The summed E-state index contributed by atoms with van der Waals surface area (Å²) in [5.74, 6) is -0.741. The van der Waals surface area contributed by atoms with E-state index in [4.69, 9.17) is 4.74 Å². The first-order chi connectivity index (χ1) is 14.8. The fourth-order valence-corrected chi connectivity index (χ4v) is 4.90. The summed E-state index contributed by atoms with van der Waals surface area (Å²) in [4.78, 5) is 40.9. The second-order valence-corrected chi connectivity index (χ2v) is 9.06. The van der Waals surface area contributed by atoms with Crippen molar-refractivity contribution in [2.24, 2.45) is 5.92 Å². The van der Waals surface area contributed by atoms with Gasteiger partial charge in [-0.25, -0.2) is 4.79 Å². The molecule has 7 heteroatoms. The number of anilines is 1. The molecule has 0 spiro atoms. The van der Waals surface area contributed by atoms with Crippen LogP contribution < -0.4 is 5.32 Å². The smallest absolute Gasteiger partial charge is 0.341 e. The number of ether oxygens (including phenoxy) is 1. The van der Waals surface area contributed by atoms with E-state index in [9.17, 15) is 14.4 Å². The van der Waals surface area contributed by atoms with Crippen LogP contribution in [0.4, 0.5) is 5.00 Å². The zero-order chi connectivity index (χ0) is 22.7. The Morgan fingerprint density at radius 3 is 2.39 bits per heavy atom. The van der Waals surface area contributed by atoms with E-state index in [1.54, 1.807) is 25.7 Å². The van der Waals surface area contributed by atoms with E-state index < -0.39 is 5.97 Å². The highest BCUT2D eigenvalue weighted by molar-refractivity contribution is 7.18. The molecule has 1 heterocycles. The molecule has 3 rings (SSSR count). The molecule has 1 aromatic heterocycles. The van der Waals surface area contributed by atoms with Crippen molar-refractivity contribution < 1.29 is 19.1 Å². The van der Waals surface area contributed by atoms with E-state index in [-0.39, 0.29) is 35.3 Å². The second kappa shape index (κ2) is 9.64. The fourth-order valence-electron chi connectivity index (χ4n) is 3.74. The van der Waals surface area contributed by atoms with Crippen molar-refractivity contribution in [3.05, 3.63) is 51.9 Å². The predicted molar refractivity (Wildman–Crippen MR) is 123 cm³/mol. The van der Waals surface area contributed by atoms with Gasteiger partial charge in [0.15, 0.2) is 0 Å². The first-order valence-corrected chi connectivity index (χ1v) is 11.6. The van der Waals surface area contributed by atoms with Gasteiger partial charge in [-0.2, -0.15) is 0 Å². The third kappa shape index (κ3) is 4.98. The van der Waals surface area contributed by atoms with Gasteiger partial charge in [0.1, 0.15) is 5.00 Å². The molecule has 2 atom stereocenters. The summed E-state index contributed by atoms with van der Waals surface area (Å²) >= 11 is 1.16. The molecule has 2 amide bonds. The van der Waals surface area contributed by atoms with Crippen LogP contribution in [0.25, 0.3) is 0 Å². The topological polar surface area (TPSA) is 75.7 Å². The zero-order valence-electron chi connectivity index (χ0n) is 18.7. The lowest BCUT2D eigenvalue weighted by Crippen LogP contribution is -2.30. The minimum absolute atomic E-state index is 0.129. The van der Waals surface area contributed by atoms with Gasteiger partial charge in [-0.3, -0.25) is 9.59 Å². The number of nitrogens with zero attached hydrogens (tertiary/aromatic N) is 1. The van der Waals surface area contributed by atoms with Gasteiger partial charge in [0.05, 0.1) is 16.5 Å². The van der Waals surface area contributed by atoms with Gasteiger partial charge in [-0.05, 0) is 58.1 Å². The molecule has 2 unspecified atom stereocenters. The summed E-state index contributed by atoms with van der Waals surface area (Å²) in [5, 5.41) is 3.32. The van der Waals surface area contributed by atoms with Crippen LogP contribution in [-0.4, -0.2) is 41.9 Å². The Kier molecular flexibility index (Phi) is 7.15. The Morgan fingerprint density at radius 1 is 1.16 bits per heavy atom. The number of hydrogen-bond donors (Lipinski definition) is 1. The second-order valence-electron chi connectivity index (χ2n) is 8.04. The highest BCUT2D eigenvalue weighted by Gasteiger charge is 2.44. The molecule has 1 aromatic carbocycles. The molecule has 1 saturated carbocycles. The van der Waals surface area contributed by atoms with Crippen molar-refractivity contribution in [2.75, 3.05) is 18.4 Å². The summed E-state index contributed by atoms with van der Waals surface area (Å²) in [6.07, 6.45) is 0.472. The van der Waals surface area contributed by atoms with E-state index in [1.165, 1.54) is 0 Å². The van der Waals surface area contributed by atoms with Crippen molar-refractivity contribution in [1.29, 1.82) is 0 Å². The Hall–Kier alpha value is -2.67. The van der Waals surface area contributed by atoms with Crippen molar-refractivity contribution in [3.63, 3.8) is 0 Å². The molecular formula is C24H30N2O4S. The number of hydrogen-bond acceptors (Lipinski definition) is 5. The molecule has 1 fully saturated rings. The molecule has 1 aliphatic carbocycles. The maximum Gasteiger partial charge on any atom is 0.341 e. The Morgan fingerprint density at radius 2 is 1.81 bits per heavy atom. The van der Waals surface area contributed by atoms with Crippen LogP contribution in [0.2, 0.25) is 0 Å². The van der Waals surface area contributed by atoms with Crippen LogP contribution in [-0.2, 0) is 9.53 Å². The van der Waals surface area contributed by atoms with Gasteiger partial charge in [0, 0.05) is 19.0 Å². The van der Waals surface area contributed by atoms with Crippen molar-refractivity contribution in [3.8, 4) is 0 Å². The highest BCUT2D eigenvalue weighted by Crippen LogP contribution is 2.48. The molecule has 2 aromatic rings. The normalized spacial score (nSPS) is 17.4. The average Bonchev–Trinajstić information content (AvgIpc) is 3.47. The minimum atomic E-state index is -0.520. The lowest BCUT2D eigenvalue weighted by atomic mass is 10.1. The number of esters is 1. The molecule has 31 heavy (non-hydrogen) atoms. The Labute approximate surface area is 187 Å². The molecule has 0 radical (unpaired) electrons.